The van der Waals surface area contributed by atoms with Crippen LogP contribution in [0.3, 0.4) is 0 Å². The van der Waals surface area contributed by atoms with Crippen molar-refractivity contribution in [1.82, 2.24) is 9.55 Å². The van der Waals surface area contributed by atoms with Gasteiger partial charge in [-0.1, -0.05) is 95.4 Å². The molecule has 2 heterocycles. The van der Waals surface area contributed by atoms with Crippen molar-refractivity contribution in [3.8, 4) is 17.2 Å². The molecule has 0 saturated heterocycles. The first kappa shape index (κ1) is 26.9. The third-order valence-electron chi connectivity index (χ3n) is 5.58. The molecule has 0 saturated carbocycles. The third-order valence-corrected chi connectivity index (χ3v) is 7.40. The van der Waals surface area contributed by atoms with Crippen LogP contribution in [-0.2, 0) is 0 Å². The molecule has 4 aromatic rings. The molecular formula is C26H15Cl5N2O4. The Bertz CT molecular complexity index is 1630. The first-order valence-electron chi connectivity index (χ1n) is 10.3. The SMILES string of the molecule is C=Cc1c(Cl)cc(C(=O)c2cc(Cl)c(Cl)n2-c2c(C(=O)c3ccccc3O)[nH]c(Cl)c2Cl)c(O)c1C=C. The number of aromatic amines is 1. The molecule has 0 aliphatic heterocycles. The Morgan fingerprint density at radius 1 is 0.865 bits per heavy atom. The molecule has 0 unspecified atom stereocenters. The Hall–Kier alpha value is -3.13. The maximum absolute atomic E-state index is 13.7. The van der Waals surface area contributed by atoms with Crippen molar-refractivity contribution in [3.05, 3.63) is 109 Å². The van der Waals surface area contributed by atoms with E-state index in [1.54, 1.807) is 12.1 Å². The van der Waals surface area contributed by atoms with Crippen LogP contribution in [0.15, 0.2) is 49.6 Å². The van der Waals surface area contributed by atoms with Crippen molar-refractivity contribution in [2.75, 3.05) is 0 Å². The predicted octanol–water partition coefficient (Wildman–Crippen LogP) is 8.23. The van der Waals surface area contributed by atoms with Crippen LogP contribution >= 0.6 is 58.0 Å². The zero-order valence-corrected chi connectivity index (χ0v) is 22.4. The lowest BCUT2D eigenvalue weighted by Crippen LogP contribution is -2.13. The number of rotatable bonds is 7. The second-order valence-corrected chi connectivity index (χ2v) is 9.57. The molecule has 0 aliphatic rings. The zero-order valence-electron chi connectivity index (χ0n) is 18.6. The highest BCUT2D eigenvalue weighted by Gasteiger charge is 2.31. The summed E-state index contributed by atoms with van der Waals surface area (Å²) in [5, 5.41) is 20.8. The molecule has 3 N–H and O–H groups in total. The molecule has 0 fully saturated rings. The van der Waals surface area contributed by atoms with Gasteiger partial charge in [-0.3, -0.25) is 14.2 Å². The van der Waals surface area contributed by atoms with E-state index in [4.69, 9.17) is 58.0 Å². The summed E-state index contributed by atoms with van der Waals surface area (Å²) in [6, 6.07) is 8.36. The standard InChI is InChI=1S/C26H15Cl5N2O4/c1-3-11-12(4-2)22(35)14(9-15(11)27)23(36)17-10-16(28)26(31)33(17)21-19(29)25(30)32-20(21)24(37)13-7-5-6-8-18(13)34/h3-10,32,34-35H,1-2H2. The summed E-state index contributed by atoms with van der Waals surface area (Å²) < 4.78 is 1.13. The smallest absolute Gasteiger partial charge is 0.215 e. The van der Waals surface area contributed by atoms with Crippen molar-refractivity contribution in [2.24, 2.45) is 0 Å². The van der Waals surface area contributed by atoms with Crippen LogP contribution in [0, 0.1) is 0 Å². The minimum absolute atomic E-state index is 0.0448. The lowest BCUT2D eigenvalue weighted by Gasteiger charge is -2.15. The van der Waals surface area contributed by atoms with Gasteiger partial charge in [0.25, 0.3) is 0 Å². The minimum atomic E-state index is -0.749. The highest BCUT2D eigenvalue weighted by molar-refractivity contribution is 6.45. The number of phenols is 2. The van der Waals surface area contributed by atoms with Gasteiger partial charge in [-0.05, 0) is 24.3 Å². The molecule has 4 rings (SSSR count). The van der Waals surface area contributed by atoms with E-state index in [-0.39, 0.29) is 64.9 Å². The van der Waals surface area contributed by atoms with Crippen LogP contribution in [-0.4, -0.2) is 31.3 Å². The van der Waals surface area contributed by atoms with E-state index >= 15 is 0 Å². The zero-order chi connectivity index (χ0) is 27.2. The van der Waals surface area contributed by atoms with Crippen molar-refractivity contribution in [2.45, 2.75) is 0 Å². The number of nitrogens with one attached hydrogen (secondary N) is 1. The second-order valence-electron chi connectivity index (χ2n) is 7.65. The number of aromatic nitrogens is 2. The number of aromatic hydroxyl groups is 2. The molecule has 0 bridgehead atoms. The van der Waals surface area contributed by atoms with E-state index in [9.17, 15) is 19.8 Å². The quantitative estimate of drug-likeness (QED) is 0.187. The minimum Gasteiger partial charge on any atom is -0.507 e. The van der Waals surface area contributed by atoms with Gasteiger partial charge in [0.05, 0.1) is 27.5 Å². The molecule has 0 aliphatic carbocycles. The first-order valence-corrected chi connectivity index (χ1v) is 12.2. The Labute approximate surface area is 235 Å². The van der Waals surface area contributed by atoms with Crippen LogP contribution < -0.4 is 0 Å². The summed E-state index contributed by atoms with van der Waals surface area (Å²) in [5.41, 5.74) is -0.0863. The van der Waals surface area contributed by atoms with Gasteiger partial charge in [0.15, 0.2) is 0 Å². The molecule has 0 amide bonds. The van der Waals surface area contributed by atoms with Gasteiger partial charge in [0.2, 0.25) is 11.6 Å². The van der Waals surface area contributed by atoms with E-state index in [0.717, 1.165) is 4.57 Å². The Kier molecular flexibility index (Phi) is 7.51. The number of hydrogen-bond acceptors (Lipinski definition) is 4. The fraction of sp³-hybridized carbons (Fsp3) is 0. The summed E-state index contributed by atoms with van der Waals surface area (Å²) in [6.07, 6.45) is 2.75. The van der Waals surface area contributed by atoms with Gasteiger partial charge in [0.1, 0.15) is 32.5 Å². The fourth-order valence-corrected chi connectivity index (χ4v) is 4.97. The molecule has 2 aromatic carbocycles. The average Bonchev–Trinajstić information content (AvgIpc) is 3.33. The maximum Gasteiger partial charge on any atom is 0.215 e. The molecule has 37 heavy (non-hydrogen) atoms. The molecule has 6 nitrogen and oxygen atoms in total. The highest BCUT2D eigenvalue weighted by Crippen LogP contribution is 2.41. The van der Waals surface area contributed by atoms with Crippen LogP contribution in [0.1, 0.15) is 43.2 Å². The van der Waals surface area contributed by atoms with Crippen LogP contribution in [0.2, 0.25) is 25.4 Å². The normalized spacial score (nSPS) is 10.9. The summed E-state index contributed by atoms with van der Waals surface area (Å²) in [7, 11) is 0. The fourth-order valence-electron chi connectivity index (χ4n) is 3.85. The number of carbonyl (C=O) groups excluding carboxylic acids is 2. The number of nitrogens with zero attached hydrogens (tertiary/aromatic N) is 1. The maximum atomic E-state index is 13.7. The van der Waals surface area contributed by atoms with E-state index < -0.39 is 17.3 Å². The summed E-state index contributed by atoms with van der Waals surface area (Å²) in [5.74, 6) is -2.12. The largest absolute Gasteiger partial charge is 0.507 e. The predicted molar refractivity (Wildman–Crippen MR) is 148 cm³/mol. The number of H-pyrrole nitrogens is 1. The molecule has 11 heteroatoms. The monoisotopic (exact) mass is 594 g/mol. The number of ketones is 2. The van der Waals surface area contributed by atoms with Gasteiger partial charge >= 0.3 is 0 Å². The van der Waals surface area contributed by atoms with Gasteiger partial charge in [-0.25, -0.2) is 0 Å². The molecule has 0 radical (unpaired) electrons. The molecular weight excluding hydrogens is 582 g/mol. The summed E-state index contributed by atoms with van der Waals surface area (Å²) in [4.78, 5) is 29.8. The van der Waals surface area contributed by atoms with Crippen molar-refractivity contribution in [1.29, 1.82) is 0 Å². The van der Waals surface area contributed by atoms with Gasteiger partial charge in [0, 0.05) is 16.1 Å². The number of halogens is 5. The first-order chi connectivity index (χ1) is 17.5. The van der Waals surface area contributed by atoms with Gasteiger partial charge in [-0.15, -0.1) is 0 Å². The number of benzene rings is 2. The molecule has 188 valence electrons. The van der Waals surface area contributed by atoms with Crippen LogP contribution in [0.5, 0.6) is 11.5 Å². The Morgan fingerprint density at radius 2 is 1.51 bits per heavy atom. The number of hydrogen-bond donors (Lipinski definition) is 3. The second kappa shape index (κ2) is 10.3. The summed E-state index contributed by atoms with van der Waals surface area (Å²) in [6.45, 7) is 7.32. The van der Waals surface area contributed by atoms with Crippen molar-refractivity contribution < 1.29 is 19.8 Å². The van der Waals surface area contributed by atoms with E-state index in [2.05, 4.69) is 18.1 Å². The van der Waals surface area contributed by atoms with Crippen molar-refractivity contribution in [3.63, 3.8) is 0 Å². The highest BCUT2D eigenvalue weighted by atomic mass is 35.5. The lowest BCUT2D eigenvalue weighted by molar-refractivity contribution is 0.101. The van der Waals surface area contributed by atoms with Gasteiger partial charge in [-0.2, -0.15) is 0 Å². The van der Waals surface area contributed by atoms with E-state index in [1.165, 1.54) is 36.4 Å². The molecule has 0 spiro atoms. The topological polar surface area (TPSA) is 95.3 Å². The van der Waals surface area contributed by atoms with Crippen LogP contribution in [0.4, 0.5) is 0 Å². The van der Waals surface area contributed by atoms with E-state index in [0.29, 0.717) is 5.56 Å². The molecule has 2 aromatic heterocycles. The average molecular weight is 597 g/mol. The number of carbonyl (C=O) groups is 2. The summed E-state index contributed by atoms with van der Waals surface area (Å²) >= 11 is 31.8. The Morgan fingerprint density at radius 3 is 2.14 bits per heavy atom. The van der Waals surface area contributed by atoms with Gasteiger partial charge < -0.3 is 15.2 Å². The van der Waals surface area contributed by atoms with Crippen molar-refractivity contribution >= 4 is 81.7 Å². The van der Waals surface area contributed by atoms with Crippen LogP contribution in [0.25, 0.3) is 17.8 Å². The molecule has 0 atom stereocenters. The number of para-hydroxylation sites is 1. The lowest BCUT2D eigenvalue weighted by atomic mass is 9.98. The number of phenolic OH excluding ortho intramolecular Hbond substituents is 2. The Balaban J connectivity index is 1.98. The third kappa shape index (κ3) is 4.45. The van der Waals surface area contributed by atoms with E-state index in [1.807, 2.05) is 0 Å².